The molecule has 1 atom stereocenters. The van der Waals surface area contributed by atoms with Crippen molar-refractivity contribution in [3.05, 3.63) is 64.4 Å². The van der Waals surface area contributed by atoms with E-state index in [1.807, 2.05) is 6.07 Å². The predicted molar refractivity (Wildman–Crippen MR) is 127 cm³/mol. The summed E-state index contributed by atoms with van der Waals surface area (Å²) in [6.45, 7) is 4.15. The molecule has 2 aliphatic rings. The molecule has 4 rings (SSSR count). The molecular formula is C28H34ClF. The van der Waals surface area contributed by atoms with Gasteiger partial charge >= 0.3 is 0 Å². The first-order valence-electron chi connectivity index (χ1n) is 11.8. The third-order valence-electron chi connectivity index (χ3n) is 7.48. The van der Waals surface area contributed by atoms with Crippen molar-refractivity contribution in [1.82, 2.24) is 0 Å². The fourth-order valence-corrected chi connectivity index (χ4v) is 5.56. The highest BCUT2D eigenvalue weighted by Gasteiger charge is 2.21. The van der Waals surface area contributed by atoms with Crippen LogP contribution in [0, 0.1) is 30.5 Å². The van der Waals surface area contributed by atoms with Gasteiger partial charge in [0.2, 0.25) is 0 Å². The Kier molecular flexibility index (Phi) is 6.98. The van der Waals surface area contributed by atoms with E-state index < -0.39 is 0 Å². The maximum Gasteiger partial charge on any atom is 0.145 e. The number of benzene rings is 2. The van der Waals surface area contributed by atoms with Gasteiger partial charge in [0, 0.05) is 5.56 Å². The molecule has 30 heavy (non-hydrogen) atoms. The van der Waals surface area contributed by atoms with Gasteiger partial charge in [-0.1, -0.05) is 93.1 Å². The topological polar surface area (TPSA) is 0 Å². The Morgan fingerprint density at radius 3 is 2.20 bits per heavy atom. The van der Waals surface area contributed by atoms with Crippen molar-refractivity contribution in [1.29, 1.82) is 0 Å². The highest BCUT2D eigenvalue weighted by atomic mass is 35.5. The fourth-order valence-electron chi connectivity index (χ4n) is 5.23. The van der Waals surface area contributed by atoms with Gasteiger partial charge in [0.1, 0.15) is 5.82 Å². The Labute approximate surface area is 186 Å². The van der Waals surface area contributed by atoms with E-state index in [2.05, 4.69) is 37.3 Å². The van der Waals surface area contributed by atoms with Crippen molar-refractivity contribution in [2.45, 2.75) is 71.6 Å². The minimum absolute atomic E-state index is 0.217. The quantitative estimate of drug-likeness (QED) is 0.448. The van der Waals surface area contributed by atoms with Crippen LogP contribution < -0.4 is 0 Å². The van der Waals surface area contributed by atoms with Crippen molar-refractivity contribution in [3.63, 3.8) is 0 Å². The van der Waals surface area contributed by atoms with Crippen LogP contribution in [0.5, 0.6) is 0 Å². The zero-order chi connectivity index (χ0) is 21.1. The molecule has 1 unspecified atom stereocenters. The average molecular weight is 425 g/mol. The summed E-state index contributed by atoms with van der Waals surface area (Å²) in [5.41, 5.74) is 5.08. The zero-order valence-corrected chi connectivity index (χ0v) is 19.1. The summed E-state index contributed by atoms with van der Waals surface area (Å²) in [6.07, 6.45) is 14.8. The lowest BCUT2D eigenvalue weighted by molar-refractivity contribution is 0.257. The first-order valence-corrected chi connectivity index (χ1v) is 12.1. The van der Waals surface area contributed by atoms with E-state index in [9.17, 15) is 4.39 Å². The molecule has 0 aromatic heterocycles. The molecule has 0 amide bonds. The van der Waals surface area contributed by atoms with Gasteiger partial charge in [-0.25, -0.2) is 4.39 Å². The number of hydrogen-bond donors (Lipinski definition) is 0. The van der Waals surface area contributed by atoms with Crippen LogP contribution >= 0.6 is 11.6 Å². The molecule has 160 valence electrons. The van der Waals surface area contributed by atoms with Crippen molar-refractivity contribution in [3.8, 4) is 11.1 Å². The van der Waals surface area contributed by atoms with Gasteiger partial charge in [0.15, 0.2) is 0 Å². The van der Waals surface area contributed by atoms with Crippen LogP contribution in [0.15, 0.2) is 42.5 Å². The van der Waals surface area contributed by atoms with Gasteiger partial charge in [-0.2, -0.15) is 0 Å². The Morgan fingerprint density at radius 1 is 0.867 bits per heavy atom. The van der Waals surface area contributed by atoms with Crippen LogP contribution in [0.3, 0.4) is 0 Å². The molecule has 0 N–H and O–H groups in total. The zero-order valence-electron chi connectivity index (χ0n) is 18.4. The number of allylic oxidation sites excluding steroid dienone is 2. The molecular weight excluding hydrogens is 391 g/mol. The lowest BCUT2D eigenvalue weighted by Gasteiger charge is -2.28. The summed E-state index contributed by atoms with van der Waals surface area (Å²) in [5.74, 6) is 2.48. The van der Waals surface area contributed by atoms with Crippen LogP contribution in [0.2, 0.25) is 5.02 Å². The first-order chi connectivity index (χ1) is 14.5. The Morgan fingerprint density at radius 2 is 1.53 bits per heavy atom. The summed E-state index contributed by atoms with van der Waals surface area (Å²) >= 11 is 6.24. The van der Waals surface area contributed by atoms with Crippen molar-refractivity contribution in [2.24, 2.45) is 17.8 Å². The maximum atomic E-state index is 14.1. The molecule has 0 saturated heterocycles. The highest BCUT2D eigenvalue weighted by Crippen LogP contribution is 2.37. The second-order valence-corrected chi connectivity index (χ2v) is 10.1. The predicted octanol–water partition coefficient (Wildman–Crippen LogP) is 9.24. The summed E-state index contributed by atoms with van der Waals surface area (Å²) in [6, 6.07) is 12.2. The van der Waals surface area contributed by atoms with Crippen LogP contribution in [0.1, 0.15) is 75.8 Å². The number of halogens is 2. The van der Waals surface area contributed by atoms with E-state index in [-0.39, 0.29) is 10.8 Å². The molecule has 2 aromatic carbocycles. The standard InChI is InChI=1S/C28H34ClF/c1-19-3-6-21(7-4-19)8-9-22-10-12-23(13-11-22)24-14-16-25(17-15-24)26-18-5-20(2)28(30)27(26)29/h5,12,14-19,21-22H,3-4,6-11,13H2,1-2H3. The Balaban J connectivity index is 1.35. The molecule has 0 aliphatic heterocycles. The third-order valence-corrected chi connectivity index (χ3v) is 7.85. The molecule has 2 aromatic rings. The average Bonchev–Trinajstić information content (AvgIpc) is 2.78. The smallest absolute Gasteiger partial charge is 0.145 e. The van der Waals surface area contributed by atoms with Crippen LogP contribution in [0.4, 0.5) is 4.39 Å². The summed E-state index contributed by atoms with van der Waals surface area (Å²) in [4.78, 5) is 0. The normalized spacial score (nSPS) is 24.5. The fraction of sp³-hybridized carbons (Fsp3) is 0.500. The van der Waals surface area contributed by atoms with E-state index in [1.54, 1.807) is 13.0 Å². The van der Waals surface area contributed by atoms with Gasteiger partial charge in [-0.15, -0.1) is 0 Å². The van der Waals surface area contributed by atoms with Crippen LogP contribution in [0.25, 0.3) is 16.7 Å². The van der Waals surface area contributed by atoms with Crippen LogP contribution in [-0.4, -0.2) is 0 Å². The van der Waals surface area contributed by atoms with Gasteiger partial charge in [0.25, 0.3) is 0 Å². The number of hydrogen-bond acceptors (Lipinski definition) is 0. The molecule has 1 saturated carbocycles. The van der Waals surface area contributed by atoms with Crippen molar-refractivity contribution < 1.29 is 4.39 Å². The van der Waals surface area contributed by atoms with Gasteiger partial charge in [0.05, 0.1) is 5.02 Å². The maximum absolute atomic E-state index is 14.1. The molecule has 0 heterocycles. The molecule has 0 spiro atoms. The summed E-state index contributed by atoms with van der Waals surface area (Å²) in [7, 11) is 0. The van der Waals surface area contributed by atoms with E-state index in [4.69, 9.17) is 11.6 Å². The molecule has 0 nitrogen and oxygen atoms in total. The Bertz CT molecular complexity index is 888. The lowest BCUT2D eigenvalue weighted by atomic mass is 9.77. The minimum atomic E-state index is -0.318. The van der Waals surface area contributed by atoms with Gasteiger partial charge in [-0.05, 0) is 72.6 Å². The van der Waals surface area contributed by atoms with E-state index in [1.165, 1.54) is 68.9 Å². The highest BCUT2D eigenvalue weighted by molar-refractivity contribution is 6.33. The molecule has 0 bridgehead atoms. The Hall–Kier alpha value is -1.60. The first kappa shape index (κ1) is 21.6. The minimum Gasteiger partial charge on any atom is -0.205 e. The largest absolute Gasteiger partial charge is 0.205 e. The third kappa shape index (κ3) is 4.99. The van der Waals surface area contributed by atoms with Crippen molar-refractivity contribution >= 4 is 17.2 Å². The monoisotopic (exact) mass is 424 g/mol. The van der Waals surface area contributed by atoms with E-state index in [0.29, 0.717) is 5.56 Å². The summed E-state index contributed by atoms with van der Waals surface area (Å²) in [5, 5.41) is 0.217. The molecule has 1 fully saturated rings. The second kappa shape index (κ2) is 9.69. The van der Waals surface area contributed by atoms with E-state index >= 15 is 0 Å². The van der Waals surface area contributed by atoms with E-state index in [0.717, 1.165) is 28.9 Å². The molecule has 0 radical (unpaired) electrons. The van der Waals surface area contributed by atoms with Crippen LogP contribution in [-0.2, 0) is 0 Å². The summed E-state index contributed by atoms with van der Waals surface area (Å²) < 4.78 is 14.1. The second-order valence-electron chi connectivity index (χ2n) is 9.71. The SMILES string of the molecule is Cc1ccc(-c2ccc(C3=CCC(CCC4CCC(C)CC4)CC3)cc2)c(Cl)c1F. The molecule has 2 aliphatic carbocycles. The molecule has 2 heteroatoms. The lowest BCUT2D eigenvalue weighted by Crippen LogP contribution is -2.14. The number of aryl methyl sites for hydroxylation is 1. The van der Waals surface area contributed by atoms with Gasteiger partial charge < -0.3 is 0 Å². The van der Waals surface area contributed by atoms with Crippen molar-refractivity contribution in [2.75, 3.05) is 0 Å². The number of rotatable bonds is 5. The van der Waals surface area contributed by atoms with Gasteiger partial charge in [-0.3, -0.25) is 0 Å².